The highest BCUT2D eigenvalue weighted by Gasteiger charge is 2.05. The molecule has 0 heterocycles. The van der Waals surface area contributed by atoms with E-state index in [1.165, 1.54) is 0 Å². The molecule has 1 aromatic rings. The van der Waals surface area contributed by atoms with E-state index in [1.807, 2.05) is 0 Å². The molecule has 0 saturated heterocycles. The highest BCUT2D eigenvalue weighted by molar-refractivity contribution is 5.77. The average Bonchev–Trinajstić information content (AvgIpc) is 2.36. The van der Waals surface area contributed by atoms with Gasteiger partial charge in [-0.25, -0.2) is 4.39 Å². The first kappa shape index (κ1) is 15.6. The molecule has 0 spiro atoms. The van der Waals surface area contributed by atoms with Crippen molar-refractivity contribution in [3.8, 4) is 0 Å². The van der Waals surface area contributed by atoms with E-state index in [-0.39, 0.29) is 18.3 Å². The zero-order chi connectivity index (χ0) is 14.3. The molecule has 0 fully saturated rings. The highest BCUT2D eigenvalue weighted by atomic mass is 19.1. The number of carbonyl (C=O) groups is 1. The lowest BCUT2D eigenvalue weighted by Gasteiger charge is -2.09. The predicted octanol–water partition coefficient (Wildman–Crippen LogP) is 1.29. The summed E-state index contributed by atoms with van der Waals surface area (Å²) in [6.07, 6.45) is 0. The lowest BCUT2D eigenvalue weighted by Crippen LogP contribution is -2.35. The number of ether oxygens (including phenoxy) is 1. The maximum Gasteiger partial charge on any atom is 0.234 e. The average molecular weight is 268 g/mol. The fraction of sp³-hybridized carbons (Fsp3) is 0.500. The Balaban J connectivity index is 2.35. The van der Waals surface area contributed by atoms with Gasteiger partial charge < -0.3 is 15.4 Å². The molecule has 0 saturated carbocycles. The smallest absolute Gasteiger partial charge is 0.234 e. The molecule has 0 aromatic heterocycles. The van der Waals surface area contributed by atoms with Crippen LogP contribution in [0, 0.1) is 19.7 Å². The SMILES string of the molecule is COCCNC(=O)CNCc1cc(C)c(F)c(C)c1. The van der Waals surface area contributed by atoms with Crippen LogP contribution in [0.3, 0.4) is 0 Å². The van der Waals surface area contributed by atoms with Crippen molar-refractivity contribution in [2.45, 2.75) is 20.4 Å². The number of amides is 1. The number of methoxy groups -OCH3 is 1. The van der Waals surface area contributed by atoms with Gasteiger partial charge in [-0.15, -0.1) is 0 Å². The summed E-state index contributed by atoms with van der Waals surface area (Å²) in [7, 11) is 1.59. The van der Waals surface area contributed by atoms with E-state index < -0.39 is 0 Å². The summed E-state index contributed by atoms with van der Waals surface area (Å²) in [6.45, 7) is 5.26. The van der Waals surface area contributed by atoms with E-state index in [0.717, 1.165) is 5.56 Å². The number of hydrogen-bond donors (Lipinski definition) is 2. The van der Waals surface area contributed by atoms with Crippen LogP contribution in [0.15, 0.2) is 12.1 Å². The van der Waals surface area contributed by atoms with Crippen LogP contribution in [0.2, 0.25) is 0 Å². The topological polar surface area (TPSA) is 50.4 Å². The molecule has 1 amide bonds. The van der Waals surface area contributed by atoms with E-state index in [9.17, 15) is 9.18 Å². The molecule has 0 radical (unpaired) electrons. The molecule has 1 aromatic carbocycles. The predicted molar refractivity (Wildman–Crippen MR) is 72.5 cm³/mol. The van der Waals surface area contributed by atoms with Gasteiger partial charge >= 0.3 is 0 Å². The van der Waals surface area contributed by atoms with Crippen molar-refractivity contribution in [2.75, 3.05) is 26.8 Å². The number of rotatable bonds is 7. The van der Waals surface area contributed by atoms with Gasteiger partial charge in [-0.05, 0) is 30.5 Å². The van der Waals surface area contributed by atoms with Gasteiger partial charge in [0.05, 0.1) is 13.2 Å². The quantitative estimate of drug-likeness (QED) is 0.733. The number of carbonyl (C=O) groups excluding carboxylic acids is 1. The summed E-state index contributed by atoms with van der Waals surface area (Å²) in [5, 5.41) is 5.74. The second-order valence-electron chi connectivity index (χ2n) is 4.49. The van der Waals surface area contributed by atoms with Crippen LogP contribution in [0.25, 0.3) is 0 Å². The van der Waals surface area contributed by atoms with Gasteiger partial charge in [-0.2, -0.15) is 0 Å². The molecule has 106 valence electrons. The lowest BCUT2D eigenvalue weighted by molar-refractivity contribution is -0.120. The second-order valence-corrected chi connectivity index (χ2v) is 4.49. The first-order chi connectivity index (χ1) is 9.04. The zero-order valence-electron chi connectivity index (χ0n) is 11.7. The van der Waals surface area contributed by atoms with Crippen LogP contribution in [0.4, 0.5) is 4.39 Å². The van der Waals surface area contributed by atoms with E-state index in [1.54, 1.807) is 33.1 Å². The summed E-state index contributed by atoms with van der Waals surface area (Å²) in [6, 6.07) is 3.58. The van der Waals surface area contributed by atoms with Gasteiger partial charge in [-0.3, -0.25) is 4.79 Å². The minimum atomic E-state index is -0.166. The Morgan fingerprint density at radius 2 is 1.95 bits per heavy atom. The molecule has 1 rings (SSSR count). The molecule has 4 nitrogen and oxygen atoms in total. The fourth-order valence-electron chi connectivity index (χ4n) is 1.81. The van der Waals surface area contributed by atoms with Crippen LogP contribution >= 0.6 is 0 Å². The van der Waals surface area contributed by atoms with Gasteiger partial charge in [0.15, 0.2) is 0 Å². The monoisotopic (exact) mass is 268 g/mol. The molecule has 0 unspecified atom stereocenters. The number of hydrogen-bond acceptors (Lipinski definition) is 3. The minimum Gasteiger partial charge on any atom is -0.383 e. The number of nitrogens with one attached hydrogen (secondary N) is 2. The summed E-state index contributed by atoms with van der Waals surface area (Å²) in [5.74, 6) is -0.242. The second kappa shape index (κ2) is 7.86. The van der Waals surface area contributed by atoms with Gasteiger partial charge in [0.1, 0.15) is 5.82 Å². The van der Waals surface area contributed by atoms with E-state index in [2.05, 4.69) is 10.6 Å². The Labute approximate surface area is 113 Å². The highest BCUT2D eigenvalue weighted by Crippen LogP contribution is 2.14. The fourth-order valence-corrected chi connectivity index (χ4v) is 1.81. The molecule has 0 bridgehead atoms. The normalized spacial score (nSPS) is 10.5. The summed E-state index contributed by atoms with van der Waals surface area (Å²) in [4.78, 5) is 11.4. The van der Waals surface area contributed by atoms with Crippen LogP contribution < -0.4 is 10.6 Å². The maximum atomic E-state index is 13.4. The first-order valence-electron chi connectivity index (χ1n) is 6.26. The molecule has 2 N–H and O–H groups in total. The molecular formula is C14H21FN2O2. The minimum absolute atomic E-state index is 0.0763. The molecule has 5 heteroatoms. The maximum absolute atomic E-state index is 13.4. The van der Waals surface area contributed by atoms with Crippen LogP contribution in [0.5, 0.6) is 0 Å². The van der Waals surface area contributed by atoms with Crippen molar-refractivity contribution in [1.29, 1.82) is 0 Å². The molecular weight excluding hydrogens is 247 g/mol. The largest absolute Gasteiger partial charge is 0.383 e. The Morgan fingerprint density at radius 3 is 2.53 bits per heavy atom. The van der Waals surface area contributed by atoms with Crippen molar-refractivity contribution in [3.63, 3.8) is 0 Å². The van der Waals surface area contributed by atoms with E-state index in [0.29, 0.717) is 30.8 Å². The third-order valence-electron chi connectivity index (χ3n) is 2.74. The molecule has 0 aliphatic carbocycles. The Bertz CT molecular complexity index is 412. The standard InChI is InChI=1S/C14H21FN2O2/c1-10-6-12(7-11(2)14(10)15)8-16-9-13(18)17-4-5-19-3/h6-7,16H,4-5,8-9H2,1-3H3,(H,17,18). The van der Waals surface area contributed by atoms with Crippen LogP contribution in [0.1, 0.15) is 16.7 Å². The van der Waals surface area contributed by atoms with Crippen molar-refractivity contribution < 1.29 is 13.9 Å². The molecule has 0 aliphatic heterocycles. The number of aryl methyl sites for hydroxylation is 2. The summed E-state index contributed by atoms with van der Waals surface area (Å²) < 4.78 is 18.3. The summed E-state index contributed by atoms with van der Waals surface area (Å²) in [5.41, 5.74) is 2.23. The lowest BCUT2D eigenvalue weighted by atomic mass is 10.1. The first-order valence-corrected chi connectivity index (χ1v) is 6.26. The zero-order valence-corrected chi connectivity index (χ0v) is 11.7. The van der Waals surface area contributed by atoms with E-state index in [4.69, 9.17) is 4.74 Å². The molecule has 0 atom stereocenters. The van der Waals surface area contributed by atoms with Crippen molar-refractivity contribution in [2.24, 2.45) is 0 Å². The molecule has 19 heavy (non-hydrogen) atoms. The van der Waals surface area contributed by atoms with Crippen molar-refractivity contribution >= 4 is 5.91 Å². The van der Waals surface area contributed by atoms with Gasteiger partial charge in [-0.1, -0.05) is 12.1 Å². The van der Waals surface area contributed by atoms with Crippen molar-refractivity contribution in [3.05, 3.63) is 34.6 Å². The van der Waals surface area contributed by atoms with Crippen LogP contribution in [-0.2, 0) is 16.1 Å². The Morgan fingerprint density at radius 1 is 1.32 bits per heavy atom. The van der Waals surface area contributed by atoms with E-state index >= 15 is 0 Å². The van der Waals surface area contributed by atoms with Crippen LogP contribution in [-0.4, -0.2) is 32.7 Å². The van der Waals surface area contributed by atoms with Gasteiger partial charge in [0.25, 0.3) is 0 Å². The summed E-state index contributed by atoms with van der Waals surface area (Å²) >= 11 is 0. The number of benzene rings is 1. The molecule has 0 aliphatic rings. The number of halogens is 1. The van der Waals surface area contributed by atoms with Gasteiger partial charge in [0, 0.05) is 20.2 Å². The third kappa shape index (κ3) is 5.36. The Hall–Kier alpha value is -1.46. The third-order valence-corrected chi connectivity index (χ3v) is 2.74. The van der Waals surface area contributed by atoms with Crippen molar-refractivity contribution in [1.82, 2.24) is 10.6 Å². The Kier molecular flexibility index (Phi) is 6.45. The van der Waals surface area contributed by atoms with Gasteiger partial charge in [0.2, 0.25) is 5.91 Å².